The van der Waals surface area contributed by atoms with E-state index in [4.69, 9.17) is 4.74 Å². The van der Waals surface area contributed by atoms with Crippen LogP contribution in [0.15, 0.2) is 36.4 Å². The summed E-state index contributed by atoms with van der Waals surface area (Å²) >= 11 is 1.54. The molecule has 2 heterocycles. The predicted octanol–water partition coefficient (Wildman–Crippen LogP) is 3.84. The SMILES string of the molecule is Cc1ccc(C2(CNC(=O)c3ccc(C)s3)CCOCC2)cc1. The molecule has 1 aromatic heterocycles. The molecule has 0 bridgehead atoms. The molecular formula is C19H23NO2S. The fraction of sp³-hybridized carbons (Fsp3) is 0.421. The summed E-state index contributed by atoms with van der Waals surface area (Å²) in [6.07, 6.45) is 1.89. The van der Waals surface area contributed by atoms with Gasteiger partial charge in [-0.2, -0.15) is 0 Å². The Labute approximate surface area is 141 Å². The molecule has 3 nitrogen and oxygen atoms in total. The average Bonchev–Trinajstić information content (AvgIpc) is 3.01. The molecule has 2 aromatic rings. The Morgan fingerprint density at radius 1 is 1.13 bits per heavy atom. The fourth-order valence-electron chi connectivity index (χ4n) is 3.13. The highest BCUT2D eigenvalue weighted by Gasteiger charge is 2.34. The van der Waals surface area contributed by atoms with E-state index >= 15 is 0 Å². The van der Waals surface area contributed by atoms with Crippen LogP contribution in [0.25, 0.3) is 0 Å². The van der Waals surface area contributed by atoms with E-state index in [1.807, 2.05) is 19.1 Å². The molecule has 1 amide bonds. The van der Waals surface area contributed by atoms with Crippen LogP contribution >= 0.6 is 11.3 Å². The number of rotatable bonds is 4. The summed E-state index contributed by atoms with van der Waals surface area (Å²) in [5.41, 5.74) is 2.54. The van der Waals surface area contributed by atoms with E-state index in [0.717, 1.165) is 35.8 Å². The van der Waals surface area contributed by atoms with Crippen molar-refractivity contribution in [3.05, 3.63) is 57.3 Å². The summed E-state index contributed by atoms with van der Waals surface area (Å²) in [5, 5.41) is 3.15. The van der Waals surface area contributed by atoms with Gasteiger partial charge in [-0.05, 0) is 44.4 Å². The van der Waals surface area contributed by atoms with Gasteiger partial charge in [-0.25, -0.2) is 0 Å². The summed E-state index contributed by atoms with van der Waals surface area (Å²) in [7, 11) is 0. The molecule has 0 unspecified atom stereocenters. The second-order valence-electron chi connectivity index (χ2n) is 6.35. The van der Waals surface area contributed by atoms with Gasteiger partial charge in [0.2, 0.25) is 0 Å². The molecule has 1 aromatic carbocycles. The van der Waals surface area contributed by atoms with Crippen LogP contribution in [-0.2, 0) is 10.2 Å². The normalized spacial score (nSPS) is 17.0. The number of hydrogen-bond acceptors (Lipinski definition) is 3. The zero-order valence-corrected chi connectivity index (χ0v) is 14.5. The van der Waals surface area contributed by atoms with E-state index in [0.29, 0.717) is 6.54 Å². The number of aryl methyl sites for hydroxylation is 2. The highest BCUT2D eigenvalue weighted by molar-refractivity contribution is 7.13. The minimum Gasteiger partial charge on any atom is -0.381 e. The number of thiophene rings is 1. The van der Waals surface area contributed by atoms with E-state index in [9.17, 15) is 4.79 Å². The molecule has 122 valence electrons. The van der Waals surface area contributed by atoms with Gasteiger partial charge in [-0.15, -0.1) is 11.3 Å². The molecule has 1 N–H and O–H groups in total. The number of amides is 1. The monoisotopic (exact) mass is 329 g/mol. The summed E-state index contributed by atoms with van der Waals surface area (Å²) in [6.45, 7) is 6.29. The molecular weight excluding hydrogens is 306 g/mol. The van der Waals surface area contributed by atoms with Crippen LogP contribution < -0.4 is 5.32 Å². The standard InChI is InChI=1S/C19H23NO2S/c1-14-3-6-16(7-4-14)19(9-11-22-12-10-19)13-20-18(21)17-8-5-15(2)23-17/h3-8H,9-13H2,1-2H3,(H,20,21). The first-order valence-corrected chi connectivity index (χ1v) is 8.90. The van der Waals surface area contributed by atoms with Gasteiger partial charge in [0.1, 0.15) is 0 Å². The van der Waals surface area contributed by atoms with E-state index in [1.54, 1.807) is 11.3 Å². The number of ether oxygens (including phenoxy) is 1. The first-order valence-electron chi connectivity index (χ1n) is 8.09. The van der Waals surface area contributed by atoms with E-state index < -0.39 is 0 Å². The van der Waals surface area contributed by atoms with Gasteiger partial charge in [0, 0.05) is 30.1 Å². The second-order valence-corrected chi connectivity index (χ2v) is 7.64. The maximum absolute atomic E-state index is 12.4. The Morgan fingerprint density at radius 3 is 2.43 bits per heavy atom. The highest BCUT2D eigenvalue weighted by atomic mass is 32.1. The van der Waals surface area contributed by atoms with Gasteiger partial charge >= 0.3 is 0 Å². The van der Waals surface area contributed by atoms with Crippen molar-refractivity contribution in [3.63, 3.8) is 0 Å². The lowest BCUT2D eigenvalue weighted by Gasteiger charge is -2.38. The number of nitrogens with one attached hydrogen (secondary N) is 1. The minimum atomic E-state index is -0.0199. The maximum Gasteiger partial charge on any atom is 0.261 e. The van der Waals surface area contributed by atoms with Crippen LogP contribution in [0.2, 0.25) is 0 Å². The lowest BCUT2D eigenvalue weighted by molar-refractivity contribution is 0.0487. The molecule has 0 radical (unpaired) electrons. The molecule has 4 heteroatoms. The van der Waals surface area contributed by atoms with Crippen molar-refractivity contribution in [2.24, 2.45) is 0 Å². The first-order chi connectivity index (χ1) is 11.1. The molecule has 0 aliphatic carbocycles. The van der Waals surface area contributed by atoms with E-state index in [-0.39, 0.29) is 11.3 Å². The molecule has 0 spiro atoms. The average molecular weight is 329 g/mol. The lowest BCUT2D eigenvalue weighted by Crippen LogP contribution is -2.44. The van der Waals surface area contributed by atoms with Crippen LogP contribution in [0.5, 0.6) is 0 Å². The number of carbonyl (C=O) groups excluding carboxylic acids is 1. The Kier molecular flexibility index (Phi) is 4.83. The van der Waals surface area contributed by atoms with Crippen molar-refractivity contribution in [3.8, 4) is 0 Å². The molecule has 1 aliphatic rings. The number of carbonyl (C=O) groups is 1. The Morgan fingerprint density at radius 2 is 1.83 bits per heavy atom. The minimum absolute atomic E-state index is 0.0199. The lowest BCUT2D eigenvalue weighted by atomic mass is 9.74. The van der Waals surface area contributed by atoms with Gasteiger partial charge in [-0.3, -0.25) is 4.79 Å². The molecule has 0 saturated carbocycles. The van der Waals surface area contributed by atoms with Crippen molar-refractivity contribution in [2.75, 3.05) is 19.8 Å². The van der Waals surface area contributed by atoms with Gasteiger partial charge < -0.3 is 10.1 Å². The summed E-state index contributed by atoms with van der Waals surface area (Å²) < 4.78 is 5.55. The van der Waals surface area contributed by atoms with E-state index in [2.05, 4.69) is 36.5 Å². The smallest absolute Gasteiger partial charge is 0.261 e. The van der Waals surface area contributed by atoms with Gasteiger partial charge in [0.15, 0.2) is 0 Å². The second kappa shape index (κ2) is 6.85. The Hall–Kier alpha value is -1.65. The van der Waals surface area contributed by atoms with Crippen molar-refractivity contribution in [1.29, 1.82) is 0 Å². The van der Waals surface area contributed by atoms with Crippen LogP contribution in [0.3, 0.4) is 0 Å². The van der Waals surface area contributed by atoms with Crippen LogP contribution in [-0.4, -0.2) is 25.7 Å². The molecule has 1 fully saturated rings. The zero-order valence-electron chi connectivity index (χ0n) is 13.7. The van der Waals surface area contributed by atoms with Crippen LogP contribution in [0.4, 0.5) is 0 Å². The molecule has 0 atom stereocenters. The van der Waals surface area contributed by atoms with Crippen LogP contribution in [0.1, 0.15) is 38.5 Å². The highest BCUT2D eigenvalue weighted by Crippen LogP contribution is 2.34. The van der Waals surface area contributed by atoms with Crippen molar-refractivity contribution in [2.45, 2.75) is 32.1 Å². The molecule has 23 heavy (non-hydrogen) atoms. The summed E-state index contributed by atoms with van der Waals surface area (Å²) in [4.78, 5) is 14.3. The van der Waals surface area contributed by atoms with Crippen molar-refractivity contribution < 1.29 is 9.53 Å². The molecule has 3 rings (SSSR count). The molecule has 1 saturated heterocycles. The predicted molar refractivity (Wildman–Crippen MR) is 94.3 cm³/mol. The Balaban J connectivity index is 1.76. The third-order valence-electron chi connectivity index (χ3n) is 4.67. The van der Waals surface area contributed by atoms with Gasteiger partial charge in [0.05, 0.1) is 4.88 Å². The summed E-state index contributed by atoms with van der Waals surface area (Å²) in [5.74, 6) is 0.0288. The van der Waals surface area contributed by atoms with E-state index in [1.165, 1.54) is 11.1 Å². The van der Waals surface area contributed by atoms with Gasteiger partial charge in [0.25, 0.3) is 5.91 Å². The van der Waals surface area contributed by atoms with Crippen molar-refractivity contribution in [1.82, 2.24) is 5.32 Å². The van der Waals surface area contributed by atoms with Gasteiger partial charge in [-0.1, -0.05) is 29.8 Å². The quantitative estimate of drug-likeness (QED) is 0.925. The van der Waals surface area contributed by atoms with Crippen molar-refractivity contribution >= 4 is 17.2 Å². The van der Waals surface area contributed by atoms with Crippen LogP contribution in [0, 0.1) is 13.8 Å². The summed E-state index contributed by atoms with van der Waals surface area (Å²) in [6, 6.07) is 12.6. The zero-order chi connectivity index (χ0) is 16.3. The largest absolute Gasteiger partial charge is 0.381 e. The fourth-order valence-corrected chi connectivity index (χ4v) is 3.91. The molecule has 1 aliphatic heterocycles. The third-order valence-corrected chi connectivity index (χ3v) is 5.66. The Bertz CT molecular complexity index is 669. The number of hydrogen-bond donors (Lipinski definition) is 1. The topological polar surface area (TPSA) is 38.3 Å². The third kappa shape index (κ3) is 3.65. The number of benzene rings is 1. The first kappa shape index (κ1) is 16.2. The maximum atomic E-state index is 12.4.